The lowest BCUT2D eigenvalue weighted by Crippen LogP contribution is -2.53. The molecule has 0 bridgehead atoms. The number of halogens is 1. The highest BCUT2D eigenvalue weighted by molar-refractivity contribution is 7.92. The third kappa shape index (κ3) is 8.22. The summed E-state index contributed by atoms with van der Waals surface area (Å²) in [6, 6.07) is 37.2. The van der Waals surface area contributed by atoms with Gasteiger partial charge in [0.1, 0.15) is 29.9 Å². The predicted octanol–water partition coefficient (Wildman–Crippen LogP) is 6.20. The molecule has 1 N–H and O–H groups in total. The van der Waals surface area contributed by atoms with Crippen LogP contribution in [0.25, 0.3) is 0 Å². The Balaban J connectivity index is 1.54. The number of benzene rings is 5. The zero-order chi connectivity index (χ0) is 33.2. The van der Waals surface area contributed by atoms with E-state index < -0.39 is 40.2 Å². The Morgan fingerprint density at radius 3 is 1.91 bits per heavy atom. The fraction of sp³-hybridized carbons (Fsp3) is 0.135. The Bertz CT molecular complexity index is 1890. The SMILES string of the molecule is CNC(=O)C(Cc1ccccc1)N(Cc1ccccc1F)C(=O)CN(c1ccc(Oc2ccccc2)cc1)S(=O)(=O)c1ccccc1. The Hall–Kier alpha value is -5.48. The van der Waals surface area contributed by atoms with Crippen molar-refractivity contribution in [3.05, 3.63) is 156 Å². The largest absolute Gasteiger partial charge is 0.457 e. The van der Waals surface area contributed by atoms with Gasteiger partial charge in [0.05, 0.1) is 10.6 Å². The van der Waals surface area contributed by atoms with E-state index in [1.165, 1.54) is 42.3 Å². The van der Waals surface area contributed by atoms with Crippen LogP contribution in [-0.4, -0.2) is 44.8 Å². The van der Waals surface area contributed by atoms with E-state index >= 15 is 0 Å². The van der Waals surface area contributed by atoms with E-state index in [0.717, 1.165) is 9.87 Å². The molecule has 1 unspecified atom stereocenters. The van der Waals surface area contributed by atoms with Crippen LogP contribution in [0.15, 0.2) is 144 Å². The summed E-state index contributed by atoms with van der Waals surface area (Å²) in [5, 5.41) is 2.62. The molecule has 5 aromatic carbocycles. The van der Waals surface area contributed by atoms with Crippen molar-refractivity contribution in [1.29, 1.82) is 0 Å². The van der Waals surface area contributed by atoms with Gasteiger partial charge in [0.15, 0.2) is 0 Å². The number of carbonyl (C=O) groups is 2. The van der Waals surface area contributed by atoms with Gasteiger partial charge in [-0.15, -0.1) is 0 Å². The maximum atomic E-state index is 15.0. The summed E-state index contributed by atoms with van der Waals surface area (Å²) in [4.78, 5) is 28.9. The highest BCUT2D eigenvalue weighted by atomic mass is 32.2. The van der Waals surface area contributed by atoms with Crippen molar-refractivity contribution in [1.82, 2.24) is 10.2 Å². The van der Waals surface area contributed by atoms with Gasteiger partial charge in [-0.3, -0.25) is 13.9 Å². The van der Waals surface area contributed by atoms with Crippen molar-refractivity contribution >= 4 is 27.5 Å². The fourth-order valence-corrected chi connectivity index (χ4v) is 6.52. The topological polar surface area (TPSA) is 96.0 Å². The van der Waals surface area contributed by atoms with Crippen molar-refractivity contribution in [3.63, 3.8) is 0 Å². The van der Waals surface area contributed by atoms with Gasteiger partial charge in [0, 0.05) is 25.6 Å². The Morgan fingerprint density at radius 1 is 0.745 bits per heavy atom. The molecule has 8 nitrogen and oxygen atoms in total. The maximum absolute atomic E-state index is 15.0. The number of hydrogen-bond acceptors (Lipinski definition) is 5. The first kappa shape index (κ1) is 32.9. The van der Waals surface area contributed by atoms with Gasteiger partial charge >= 0.3 is 0 Å². The molecule has 0 aliphatic heterocycles. The predicted molar refractivity (Wildman–Crippen MR) is 179 cm³/mol. The van der Waals surface area contributed by atoms with Gasteiger partial charge in [-0.1, -0.05) is 84.9 Å². The molecule has 0 aliphatic carbocycles. The van der Waals surface area contributed by atoms with Gasteiger partial charge in [0.25, 0.3) is 10.0 Å². The number of para-hydroxylation sites is 1. The van der Waals surface area contributed by atoms with E-state index in [0.29, 0.717) is 11.5 Å². The van der Waals surface area contributed by atoms with Crippen molar-refractivity contribution in [2.45, 2.75) is 23.9 Å². The monoisotopic (exact) mass is 651 g/mol. The smallest absolute Gasteiger partial charge is 0.264 e. The van der Waals surface area contributed by atoms with Gasteiger partial charge < -0.3 is 15.0 Å². The van der Waals surface area contributed by atoms with E-state index in [4.69, 9.17) is 4.74 Å². The Morgan fingerprint density at radius 2 is 1.30 bits per heavy atom. The van der Waals surface area contributed by atoms with Gasteiger partial charge in [-0.2, -0.15) is 0 Å². The van der Waals surface area contributed by atoms with Crippen LogP contribution >= 0.6 is 0 Å². The lowest BCUT2D eigenvalue weighted by Gasteiger charge is -2.33. The highest BCUT2D eigenvalue weighted by Gasteiger charge is 2.34. The number of hydrogen-bond donors (Lipinski definition) is 1. The summed E-state index contributed by atoms with van der Waals surface area (Å²) in [6.45, 7) is -0.924. The summed E-state index contributed by atoms with van der Waals surface area (Å²) >= 11 is 0. The molecule has 0 saturated heterocycles. The van der Waals surface area contributed by atoms with Crippen molar-refractivity contribution in [2.24, 2.45) is 0 Å². The average molecular weight is 652 g/mol. The lowest BCUT2D eigenvalue weighted by atomic mass is 10.0. The standard InChI is InChI=1S/C37H34FN3O5S/c1-39-37(43)35(25-28-13-5-2-6-14-28)40(26-29-15-11-12-20-34(29)38)36(42)27-41(47(44,45)33-18-9-4-10-19-33)30-21-23-32(24-22-30)46-31-16-7-3-8-17-31/h2-24,35H,25-27H2,1H3,(H,39,43). The zero-order valence-corrected chi connectivity index (χ0v) is 26.5. The molecule has 240 valence electrons. The van der Waals surface area contributed by atoms with E-state index in [1.807, 2.05) is 48.5 Å². The molecule has 10 heteroatoms. The van der Waals surface area contributed by atoms with Crippen LogP contribution in [0.2, 0.25) is 0 Å². The molecule has 0 heterocycles. The zero-order valence-electron chi connectivity index (χ0n) is 25.7. The Kier molecular flexibility index (Phi) is 10.6. The molecule has 1 atom stereocenters. The van der Waals surface area contributed by atoms with Crippen LogP contribution in [0.3, 0.4) is 0 Å². The summed E-state index contributed by atoms with van der Waals surface area (Å²) in [5.41, 5.74) is 1.16. The second kappa shape index (κ2) is 15.2. The van der Waals surface area contributed by atoms with Gasteiger partial charge in [-0.05, 0) is 60.2 Å². The van der Waals surface area contributed by atoms with Crippen molar-refractivity contribution < 1.29 is 27.1 Å². The molecule has 47 heavy (non-hydrogen) atoms. The molecule has 2 amide bonds. The summed E-state index contributed by atoms with van der Waals surface area (Å²) in [6.07, 6.45) is 0.123. The number of amides is 2. The molecular formula is C37H34FN3O5S. The second-order valence-corrected chi connectivity index (χ2v) is 12.5. The number of nitrogens with zero attached hydrogens (tertiary/aromatic N) is 2. The Labute approximate surface area is 274 Å². The number of nitrogens with one attached hydrogen (secondary N) is 1. The van der Waals surface area contributed by atoms with Crippen LogP contribution in [0, 0.1) is 5.82 Å². The van der Waals surface area contributed by atoms with Gasteiger partial charge in [-0.25, -0.2) is 12.8 Å². The third-order valence-corrected chi connectivity index (χ3v) is 9.32. The minimum atomic E-state index is -4.28. The van der Waals surface area contributed by atoms with Crippen LogP contribution in [0.5, 0.6) is 11.5 Å². The number of ether oxygens (including phenoxy) is 1. The minimum Gasteiger partial charge on any atom is -0.457 e. The summed E-state index contributed by atoms with van der Waals surface area (Å²) < 4.78 is 50.1. The molecule has 5 aromatic rings. The first-order valence-electron chi connectivity index (χ1n) is 15.0. The molecule has 0 spiro atoms. The fourth-order valence-electron chi connectivity index (χ4n) is 5.08. The summed E-state index contributed by atoms with van der Waals surface area (Å²) in [5.74, 6) is -0.651. The second-order valence-electron chi connectivity index (χ2n) is 10.7. The normalized spacial score (nSPS) is 11.7. The van der Waals surface area contributed by atoms with Crippen molar-refractivity contribution in [3.8, 4) is 11.5 Å². The number of anilines is 1. The molecule has 0 radical (unpaired) electrons. The summed E-state index contributed by atoms with van der Waals surface area (Å²) in [7, 11) is -2.82. The van der Waals surface area contributed by atoms with E-state index in [9.17, 15) is 22.4 Å². The number of likely N-dealkylation sites (N-methyl/N-ethyl adjacent to an activating group) is 1. The van der Waals surface area contributed by atoms with Crippen LogP contribution in [0.1, 0.15) is 11.1 Å². The first-order chi connectivity index (χ1) is 22.8. The molecular weight excluding hydrogens is 617 g/mol. The minimum absolute atomic E-state index is 0.0230. The number of carbonyl (C=O) groups excluding carboxylic acids is 2. The highest BCUT2D eigenvalue weighted by Crippen LogP contribution is 2.29. The van der Waals surface area contributed by atoms with E-state index in [-0.39, 0.29) is 29.1 Å². The molecule has 0 saturated carbocycles. The number of rotatable bonds is 13. The quantitative estimate of drug-likeness (QED) is 0.164. The molecule has 5 rings (SSSR count). The molecule has 0 fully saturated rings. The first-order valence-corrected chi connectivity index (χ1v) is 16.4. The van der Waals surface area contributed by atoms with E-state index in [1.54, 1.807) is 60.7 Å². The van der Waals surface area contributed by atoms with E-state index in [2.05, 4.69) is 5.32 Å². The van der Waals surface area contributed by atoms with Crippen LogP contribution in [0.4, 0.5) is 10.1 Å². The van der Waals surface area contributed by atoms with Gasteiger partial charge in [0.2, 0.25) is 11.8 Å². The maximum Gasteiger partial charge on any atom is 0.264 e. The number of sulfonamides is 1. The third-order valence-electron chi connectivity index (χ3n) is 7.53. The molecule has 0 aromatic heterocycles. The lowest BCUT2D eigenvalue weighted by molar-refractivity contribution is -0.139. The van der Waals surface area contributed by atoms with Crippen LogP contribution in [-0.2, 0) is 32.6 Å². The average Bonchev–Trinajstić information content (AvgIpc) is 3.10. The molecule has 0 aliphatic rings. The van der Waals surface area contributed by atoms with Crippen molar-refractivity contribution in [2.75, 3.05) is 17.9 Å². The van der Waals surface area contributed by atoms with Crippen LogP contribution < -0.4 is 14.4 Å².